The molecule has 0 aromatic carbocycles. The first kappa shape index (κ1) is 11.5. The first-order chi connectivity index (χ1) is 7.06. The molecule has 0 aliphatic carbocycles. The van der Waals surface area contributed by atoms with Gasteiger partial charge in [-0.25, -0.2) is 9.78 Å². The highest BCUT2D eigenvalue weighted by Gasteiger charge is 2.21. The van der Waals surface area contributed by atoms with Gasteiger partial charge in [0.2, 0.25) is 0 Å². The van der Waals surface area contributed by atoms with E-state index in [0.717, 1.165) is 5.56 Å². The zero-order valence-electron chi connectivity index (χ0n) is 8.73. The zero-order chi connectivity index (χ0) is 11.4. The lowest BCUT2D eigenvalue weighted by molar-refractivity contribution is -0.153. The Balaban J connectivity index is 2.94. The van der Waals surface area contributed by atoms with Gasteiger partial charge in [-0.2, -0.15) is 0 Å². The molecular formula is C10H14N2O3. The first-order valence-corrected chi connectivity index (χ1v) is 4.63. The van der Waals surface area contributed by atoms with E-state index in [4.69, 9.17) is 5.73 Å². The van der Waals surface area contributed by atoms with Crippen LogP contribution in [0.4, 0.5) is 5.82 Å². The Labute approximate surface area is 87.9 Å². The van der Waals surface area contributed by atoms with E-state index in [-0.39, 0.29) is 18.0 Å². The fourth-order valence-electron chi connectivity index (χ4n) is 1.17. The second kappa shape index (κ2) is 4.75. The van der Waals surface area contributed by atoms with Gasteiger partial charge in [0.25, 0.3) is 0 Å². The topological polar surface area (TPSA) is 85.4 Å². The van der Waals surface area contributed by atoms with Crippen LogP contribution in [0.2, 0.25) is 0 Å². The minimum atomic E-state index is -1.36. The molecule has 1 rings (SSSR count). The van der Waals surface area contributed by atoms with Crippen LogP contribution < -0.4 is 5.73 Å². The maximum Gasteiger partial charge on any atom is 0.339 e. The third-order valence-corrected chi connectivity index (χ3v) is 1.89. The molecule has 5 heteroatoms. The van der Waals surface area contributed by atoms with Crippen molar-refractivity contribution < 1.29 is 14.6 Å². The Bertz CT molecular complexity index is 366. The summed E-state index contributed by atoms with van der Waals surface area (Å²) in [5, 5.41) is 9.63. The van der Waals surface area contributed by atoms with Crippen molar-refractivity contribution >= 4 is 11.8 Å². The Kier molecular flexibility index (Phi) is 3.62. The molecule has 1 atom stereocenters. The van der Waals surface area contributed by atoms with Crippen LogP contribution in [-0.2, 0) is 9.53 Å². The number of pyridine rings is 1. The summed E-state index contributed by atoms with van der Waals surface area (Å²) >= 11 is 0. The molecule has 0 bridgehead atoms. The lowest BCUT2D eigenvalue weighted by atomic mass is 10.1. The molecule has 1 aromatic rings. The Hall–Kier alpha value is -1.62. The van der Waals surface area contributed by atoms with Gasteiger partial charge >= 0.3 is 5.97 Å². The number of aliphatic hydroxyl groups is 1. The van der Waals surface area contributed by atoms with Crippen molar-refractivity contribution in [1.82, 2.24) is 4.98 Å². The quantitative estimate of drug-likeness (QED) is 0.712. The number of anilines is 1. The number of nitrogen functional groups attached to an aromatic ring is 1. The van der Waals surface area contributed by atoms with Gasteiger partial charge < -0.3 is 15.6 Å². The molecule has 0 saturated heterocycles. The number of nitrogens with zero attached hydrogens (tertiary/aromatic N) is 1. The molecule has 0 fully saturated rings. The maximum atomic E-state index is 11.3. The van der Waals surface area contributed by atoms with Crippen molar-refractivity contribution in [3.8, 4) is 0 Å². The van der Waals surface area contributed by atoms with Gasteiger partial charge in [0.05, 0.1) is 6.61 Å². The third-order valence-electron chi connectivity index (χ3n) is 1.89. The fourth-order valence-corrected chi connectivity index (χ4v) is 1.17. The van der Waals surface area contributed by atoms with Gasteiger partial charge in [0.15, 0.2) is 6.10 Å². The van der Waals surface area contributed by atoms with E-state index in [1.165, 1.54) is 0 Å². The second-order valence-electron chi connectivity index (χ2n) is 3.14. The van der Waals surface area contributed by atoms with Crippen LogP contribution in [0.25, 0.3) is 0 Å². The van der Waals surface area contributed by atoms with Gasteiger partial charge in [-0.05, 0) is 25.5 Å². The summed E-state index contributed by atoms with van der Waals surface area (Å²) in [5.74, 6) is -0.572. The average Bonchev–Trinajstić information content (AvgIpc) is 2.21. The Morgan fingerprint density at radius 3 is 3.00 bits per heavy atom. The van der Waals surface area contributed by atoms with Gasteiger partial charge in [0.1, 0.15) is 5.82 Å². The number of aryl methyl sites for hydroxylation is 1. The molecule has 0 radical (unpaired) electrons. The average molecular weight is 210 g/mol. The molecule has 3 N–H and O–H groups in total. The molecule has 1 aromatic heterocycles. The molecule has 1 unspecified atom stereocenters. The van der Waals surface area contributed by atoms with Gasteiger partial charge in [-0.15, -0.1) is 0 Å². The molecule has 0 spiro atoms. The van der Waals surface area contributed by atoms with E-state index in [0.29, 0.717) is 0 Å². The largest absolute Gasteiger partial charge is 0.464 e. The minimum Gasteiger partial charge on any atom is -0.464 e. The number of esters is 1. The standard InChI is InChI=1S/C10H14N2O3/c1-3-15-10(14)8(13)7-4-6(2)5-12-9(7)11/h4-5,8,13H,3H2,1-2H3,(H2,11,12). The summed E-state index contributed by atoms with van der Waals surface area (Å²) in [5.41, 5.74) is 6.65. The molecule has 15 heavy (non-hydrogen) atoms. The first-order valence-electron chi connectivity index (χ1n) is 4.63. The van der Waals surface area contributed by atoms with Crippen LogP contribution in [-0.4, -0.2) is 22.7 Å². The summed E-state index contributed by atoms with van der Waals surface area (Å²) in [7, 11) is 0. The van der Waals surface area contributed by atoms with Crippen molar-refractivity contribution in [2.24, 2.45) is 0 Å². The minimum absolute atomic E-state index is 0.140. The number of hydrogen-bond acceptors (Lipinski definition) is 5. The lowest BCUT2D eigenvalue weighted by Gasteiger charge is -2.11. The van der Waals surface area contributed by atoms with E-state index < -0.39 is 12.1 Å². The summed E-state index contributed by atoms with van der Waals surface area (Å²) < 4.78 is 4.68. The molecular weight excluding hydrogens is 196 g/mol. The van der Waals surface area contributed by atoms with E-state index in [1.807, 2.05) is 0 Å². The van der Waals surface area contributed by atoms with Gasteiger partial charge in [0, 0.05) is 11.8 Å². The molecule has 0 amide bonds. The van der Waals surface area contributed by atoms with E-state index in [1.54, 1.807) is 26.1 Å². The number of aliphatic hydroxyl groups excluding tert-OH is 1. The number of aromatic nitrogens is 1. The summed E-state index contributed by atoms with van der Waals surface area (Å²) in [6, 6.07) is 1.62. The number of nitrogens with two attached hydrogens (primary N) is 1. The Morgan fingerprint density at radius 2 is 2.40 bits per heavy atom. The van der Waals surface area contributed by atoms with E-state index in [2.05, 4.69) is 9.72 Å². The molecule has 0 aliphatic heterocycles. The van der Waals surface area contributed by atoms with Crippen LogP contribution in [0.15, 0.2) is 12.3 Å². The highest BCUT2D eigenvalue weighted by Crippen LogP contribution is 2.20. The predicted octanol–water partition coefficient (Wildman–Crippen LogP) is 0.569. The van der Waals surface area contributed by atoms with Gasteiger partial charge in [-0.3, -0.25) is 0 Å². The number of ether oxygens (including phenoxy) is 1. The van der Waals surface area contributed by atoms with Crippen LogP contribution >= 0.6 is 0 Å². The molecule has 1 heterocycles. The monoisotopic (exact) mass is 210 g/mol. The number of rotatable bonds is 3. The molecule has 5 nitrogen and oxygen atoms in total. The summed E-state index contributed by atoms with van der Waals surface area (Å²) in [6.45, 7) is 3.69. The van der Waals surface area contributed by atoms with E-state index in [9.17, 15) is 9.90 Å². The molecule has 0 saturated carbocycles. The molecule has 82 valence electrons. The van der Waals surface area contributed by atoms with Crippen molar-refractivity contribution in [3.05, 3.63) is 23.4 Å². The Morgan fingerprint density at radius 1 is 1.73 bits per heavy atom. The summed E-state index contributed by atoms with van der Waals surface area (Å²) in [4.78, 5) is 15.1. The van der Waals surface area contributed by atoms with Crippen molar-refractivity contribution in [1.29, 1.82) is 0 Å². The fraction of sp³-hybridized carbons (Fsp3) is 0.400. The smallest absolute Gasteiger partial charge is 0.339 e. The van der Waals surface area contributed by atoms with E-state index >= 15 is 0 Å². The predicted molar refractivity (Wildman–Crippen MR) is 55.0 cm³/mol. The highest BCUT2D eigenvalue weighted by molar-refractivity contribution is 5.78. The number of hydrogen-bond donors (Lipinski definition) is 2. The van der Waals surface area contributed by atoms with Crippen LogP contribution in [0, 0.1) is 6.92 Å². The normalized spacial score (nSPS) is 12.2. The third kappa shape index (κ3) is 2.66. The highest BCUT2D eigenvalue weighted by atomic mass is 16.5. The second-order valence-corrected chi connectivity index (χ2v) is 3.14. The van der Waals surface area contributed by atoms with Crippen LogP contribution in [0.1, 0.15) is 24.2 Å². The summed E-state index contributed by atoms with van der Waals surface area (Å²) in [6.07, 6.45) is 0.203. The van der Waals surface area contributed by atoms with Gasteiger partial charge in [-0.1, -0.05) is 0 Å². The SMILES string of the molecule is CCOC(=O)C(O)c1cc(C)cnc1N. The zero-order valence-corrected chi connectivity index (χ0v) is 8.73. The number of carbonyl (C=O) groups is 1. The lowest BCUT2D eigenvalue weighted by Crippen LogP contribution is -2.17. The molecule has 0 aliphatic rings. The van der Waals surface area contributed by atoms with Crippen LogP contribution in [0.3, 0.4) is 0 Å². The van der Waals surface area contributed by atoms with Crippen molar-refractivity contribution in [2.45, 2.75) is 20.0 Å². The number of carbonyl (C=O) groups excluding carboxylic acids is 1. The maximum absolute atomic E-state index is 11.3. The van der Waals surface area contributed by atoms with Crippen molar-refractivity contribution in [2.75, 3.05) is 12.3 Å². The van der Waals surface area contributed by atoms with Crippen LogP contribution in [0.5, 0.6) is 0 Å². The van der Waals surface area contributed by atoms with Crippen molar-refractivity contribution in [3.63, 3.8) is 0 Å².